The molecule has 96 valence electrons. The van der Waals surface area contributed by atoms with Crippen molar-refractivity contribution in [1.82, 2.24) is 30.2 Å². The number of aromatic amines is 2. The Morgan fingerprint density at radius 1 is 1.26 bits per heavy atom. The Kier molecular flexibility index (Phi) is 2.10. The Bertz CT molecular complexity index is 741. The van der Waals surface area contributed by atoms with Crippen LogP contribution >= 0.6 is 0 Å². The van der Waals surface area contributed by atoms with Crippen LogP contribution in [0.25, 0.3) is 11.2 Å². The molecule has 4 rings (SSSR count). The molecule has 0 fully saturated rings. The molecule has 3 aromatic heterocycles. The third-order valence-electron chi connectivity index (χ3n) is 3.45. The van der Waals surface area contributed by atoms with E-state index in [1.807, 2.05) is 6.07 Å². The first kappa shape index (κ1) is 10.5. The van der Waals surface area contributed by atoms with Crippen LogP contribution in [0.3, 0.4) is 0 Å². The monoisotopic (exact) mass is 255 g/mol. The molecule has 5 N–H and O–H groups in total. The summed E-state index contributed by atoms with van der Waals surface area (Å²) in [5, 5.41) is 3.43. The van der Waals surface area contributed by atoms with Gasteiger partial charge in [-0.15, -0.1) is 0 Å². The van der Waals surface area contributed by atoms with E-state index in [4.69, 9.17) is 5.73 Å². The van der Waals surface area contributed by atoms with Crippen LogP contribution in [0, 0.1) is 0 Å². The highest BCUT2D eigenvalue weighted by Crippen LogP contribution is 2.23. The van der Waals surface area contributed by atoms with Crippen LogP contribution in [0.1, 0.15) is 23.3 Å². The van der Waals surface area contributed by atoms with E-state index >= 15 is 0 Å². The minimum atomic E-state index is 0.131. The molecule has 1 atom stereocenters. The molecule has 3 aromatic rings. The molecule has 0 bridgehead atoms. The SMILES string of the molecule is Nc1ccc2[nH]c(C3Cc4nc[nH]c4CN3)nc2n1. The summed E-state index contributed by atoms with van der Waals surface area (Å²) >= 11 is 0. The summed E-state index contributed by atoms with van der Waals surface area (Å²) in [6, 6.07) is 3.80. The first-order chi connectivity index (χ1) is 9.29. The zero-order valence-electron chi connectivity index (χ0n) is 10.1. The fraction of sp³-hybridized carbons (Fsp3) is 0.250. The number of nitrogens with one attached hydrogen (secondary N) is 3. The van der Waals surface area contributed by atoms with Gasteiger partial charge in [-0.25, -0.2) is 15.0 Å². The van der Waals surface area contributed by atoms with Gasteiger partial charge in [0.05, 0.1) is 29.3 Å². The molecule has 0 saturated heterocycles. The predicted molar refractivity (Wildman–Crippen MR) is 70.2 cm³/mol. The van der Waals surface area contributed by atoms with Crippen molar-refractivity contribution >= 4 is 17.0 Å². The third kappa shape index (κ3) is 1.66. The molecule has 7 nitrogen and oxygen atoms in total. The van der Waals surface area contributed by atoms with Crippen molar-refractivity contribution in [2.45, 2.75) is 19.0 Å². The molecule has 0 amide bonds. The van der Waals surface area contributed by atoms with Gasteiger partial charge in [0.1, 0.15) is 11.6 Å². The number of anilines is 1. The summed E-state index contributed by atoms with van der Waals surface area (Å²) in [6.45, 7) is 0.770. The summed E-state index contributed by atoms with van der Waals surface area (Å²) in [5.41, 5.74) is 9.47. The number of nitrogens with two attached hydrogens (primary N) is 1. The van der Waals surface area contributed by atoms with E-state index in [1.54, 1.807) is 12.4 Å². The van der Waals surface area contributed by atoms with Gasteiger partial charge in [-0.2, -0.15) is 0 Å². The number of hydrogen-bond donors (Lipinski definition) is 4. The van der Waals surface area contributed by atoms with Crippen LogP contribution in [-0.4, -0.2) is 24.9 Å². The van der Waals surface area contributed by atoms with Crippen molar-refractivity contribution < 1.29 is 0 Å². The van der Waals surface area contributed by atoms with Crippen molar-refractivity contribution in [3.05, 3.63) is 35.7 Å². The summed E-state index contributed by atoms with van der Waals surface area (Å²) in [4.78, 5) is 19.5. The second kappa shape index (κ2) is 3.79. The molecular weight excluding hydrogens is 242 g/mol. The van der Waals surface area contributed by atoms with Crippen molar-refractivity contribution in [2.24, 2.45) is 0 Å². The van der Waals surface area contributed by atoms with Crippen LogP contribution < -0.4 is 11.1 Å². The highest BCUT2D eigenvalue weighted by molar-refractivity contribution is 5.72. The molecule has 0 aromatic carbocycles. The van der Waals surface area contributed by atoms with Crippen LogP contribution in [-0.2, 0) is 13.0 Å². The van der Waals surface area contributed by atoms with Gasteiger partial charge >= 0.3 is 0 Å². The molecule has 1 unspecified atom stereocenters. The maximum absolute atomic E-state index is 5.67. The van der Waals surface area contributed by atoms with Gasteiger partial charge in [0.2, 0.25) is 0 Å². The maximum atomic E-state index is 5.67. The average Bonchev–Trinajstić information content (AvgIpc) is 3.02. The highest BCUT2D eigenvalue weighted by Gasteiger charge is 2.23. The lowest BCUT2D eigenvalue weighted by molar-refractivity contribution is 0.472. The number of fused-ring (bicyclic) bond motifs is 2. The smallest absolute Gasteiger partial charge is 0.179 e. The van der Waals surface area contributed by atoms with Crippen molar-refractivity contribution in [3.63, 3.8) is 0 Å². The summed E-state index contributed by atoms with van der Waals surface area (Å²) in [6.07, 6.45) is 2.55. The number of nitrogen functional groups attached to an aromatic ring is 1. The number of aromatic nitrogens is 5. The largest absolute Gasteiger partial charge is 0.384 e. The number of H-pyrrole nitrogens is 2. The van der Waals surface area contributed by atoms with Gasteiger partial charge < -0.3 is 21.0 Å². The molecule has 19 heavy (non-hydrogen) atoms. The first-order valence-electron chi connectivity index (χ1n) is 6.16. The normalized spacial score (nSPS) is 18.6. The van der Waals surface area contributed by atoms with E-state index in [0.29, 0.717) is 11.5 Å². The van der Waals surface area contributed by atoms with Gasteiger partial charge in [-0.1, -0.05) is 0 Å². The van der Waals surface area contributed by atoms with Crippen molar-refractivity contribution in [3.8, 4) is 0 Å². The Labute approximate surface area is 108 Å². The Balaban J connectivity index is 1.71. The summed E-state index contributed by atoms with van der Waals surface area (Å²) < 4.78 is 0. The topological polar surface area (TPSA) is 108 Å². The first-order valence-corrected chi connectivity index (χ1v) is 6.16. The fourth-order valence-corrected chi connectivity index (χ4v) is 2.45. The predicted octanol–water partition coefficient (Wildman–Crippen LogP) is 0.650. The van der Waals surface area contributed by atoms with E-state index in [0.717, 1.165) is 35.7 Å². The Hall–Kier alpha value is -2.41. The lowest BCUT2D eigenvalue weighted by atomic mass is 10.1. The zero-order chi connectivity index (χ0) is 12.8. The molecule has 1 aliphatic rings. The van der Waals surface area contributed by atoms with Gasteiger partial charge in [0, 0.05) is 13.0 Å². The molecule has 0 aliphatic carbocycles. The van der Waals surface area contributed by atoms with Gasteiger partial charge in [0.15, 0.2) is 5.65 Å². The van der Waals surface area contributed by atoms with Crippen LogP contribution in [0.4, 0.5) is 5.82 Å². The highest BCUT2D eigenvalue weighted by atomic mass is 15.1. The number of rotatable bonds is 1. The van der Waals surface area contributed by atoms with E-state index in [1.165, 1.54) is 0 Å². The Morgan fingerprint density at radius 2 is 2.21 bits per heavy atom. The summed E-state index contributed by atoms with van der Waals surface area (Å²) in [5.74, 6) is 1.36. The molecule has 0 saturated carbocycles. The molecule has 0 spiro atoms. The molecule has 4 heterocycles. The fourth-order valence-electron chi connectivity index (χ4n) is 2.45. The zero-order valence-corrected chi connectivity index (χ0v) is 10.1. The average molecular weight is 255 g/mol. The van der Waals surface area contributed by atoms with Crippen LogP contribution in [0.5, 0.6) is 0 Å². The van der Waals surface area contributed by atoms with Crippen molar-refractivity contribution in [2.75, 3.05) is 5.73 Å². The van der Waals surface area contributed by atoms with Crippen LogP contribution in [0.15, 0.2) is 18.5 Å². The van der Waals surface area contributed by atoms with E-state index in [2.05, 4.69) is 30.2 Å². The number of imidazole rings is 2. The lowest BCUT2D eigenvalue weighted by Crippen LogP contribution is -2.29. The van der Waals surface area contributed by atoms with Crippen LogP contribution in [0.2, 0.25) is 0 Å². The quantitative estimate of drug-likeness (QED) is 0.510. The second-order valence-electron chi connectivity index (χ2n) is 4.69. The van der Waals surface area contributed by atoms with E-state index in [-0.39, 0.29) is 6.04 Å². The summed E-state index contributed by atoms with van der Waals surface area (Å²) in [7, 11) is 0. The lowest BCUT2D eigenvalue weighted by Gasteiger charge is -2.20. The third-order valence-corrected chi connectivity index (χ3v) is 3.45. The van der Waals surface area contributed by atoms with Gasteiger partial charge in [-0.05, 0) is 12.1 Å². The molecule has 0 radical (unpaired) electrons. The Morgan fingerprint density at radius 3 is 3.16 bits per heavy atom. The van der Waals surface area contributed by atoms with Gasteiger partial charge in [-0.3, -0.25) is 0 Å². The van der Waals surface area contributed by atoms with E-state index < -0.39 is 0 Å². The number of pyridine rings is 1. The van der Waals surface area contributed by atoms with E-state index in [9.17, 15) is 0 Å². The van der Waals surface area contributed by atoms with Gasteiger partial charge in [0.25, 0.3) is 0 Å². The number of hydrogen-bond acceptors (Lipinski definition) is 5. The maximum Gasteiger partial charge on any atom is 0.179 e. The second-order valence-corrected chi connectivity index (χ2v) is 4.69. The van der Waals surface area contributed by atoms with Crippen molar-refractivity contribution in [1.29, 1.82) is 0 Å². The molecular formula is C12H13N7. The number of nitrogens with zero attached hydrogens (tertiary/aromatic N) is 3. The molecule has 1 aliphatic heterocycles. The minimum absolute atomic E-state index is 0.131. The molecule has 7 heteroatoms. The minimum Gasteiger partial charge on any atom is -0.384 e. The standard InChI is InChI=1S/C12H13N7/c13-10-2-1-6-11(18-10)19-12(17-6)8-3-7-9(4-14-8)16-5-15-7/h1-2,5,8,14H,3-4H2,(H,15,16)(H3,13,17,18,19).